The van der Waals surface area contributed by atoms with Crippen LogP contribution in [-0.4, -0.2) is 115 Å². The van der Waals surface area contributed by atoms with E-state index in [-0.39, 0.29) is 59.7 Å². The van der Waals surface area contributed by atoms with Gasteiger partial charge in [-0.1, -0.05) is 68.8 Å². The molecule has 0 aliphatic carbocycles. The zero-order valence-electron chi connectivity index (χ0n) is 64.9. The predicted molar refractivity (Wildman–Crippen MR) is 449 cm³/mol. The van der Waals surface area contributed by atoms with Crippen molar-refractivity contribution in [1.82, 2.24) is 55.1 Å². The smallest absolute Gasteiger partial charge is 0.421 e. The topological polar surface area (TPSA) is 360 Å². The molecule has 7 aromatic carbocycles. The fourth-order valence-corrected chi connectivity index (χ4v) is 9.96. The van der Waals surface area contributed by atoms with Gasteiger partial charge in [-0.25, -0.2) is 28.7 Å². The largest absolute Gasteiger partial charge is 0.497 e. The van der Waals surface area contributed by atoms with Gasteiger partial charge in [0.25, 0.3) is 0 Å². The minimum Gasteiger partial charge on any atom is -0.497 e. The van der Waals surface area contributed by atoms with Crippen molar-refractivity contribution in [2.45, 2.75) is 18.9 Å². The van der Waals surface area contributed by atoms with Crippen LogP contribution < -0.4 is 78.0 Å². The Labute approximate surface area is 688 Å². The van der Waals surface area contributed by atoms with Crippen LogP contribution >= 0.6 is 0 Å². The van der Waals surface area contributed by atoms with E-state index < -0.39 is 52.7 Å². The van der Waals surface area contributed by atoms with Crippen molar-refractivity contribution in [2.24, 2.45) is 0 Å². The number of alkyl halides is 6. The number of anilines is 19. The number of hydrogen-bond donors (Lipinski definition) is 12. The minimum atomic E-state index is -4.66. The second-order valence-electron chi connectivity index (χ2n) is 25.0. The highest BCUT2D eigenvalue weighted by Crippen LogP contribution is 2.38. The van der Waals surface area contributed by atoms with Gasteiger partial charge in [-0.3, -0.25) is 24.2 Å². The quantitative estimate of drug-likeness (QED) is 0.0142. The van der Waals surface area contributed by atoms with Gasteiger partial charge in [0.1, 0.15) is 46.6 Å². The van der Waals surface area contributed by atoms with Gasteiger partial charge in [0.2, 0.25) is 47.4 Å². The number of halogens is 8. The molecule has 0 atom stereocenters. The molecular formula is C84H78F8N22O7. The summed E-state index contributed by atoms with van der Waals surface area (Å²) < 4.78 is 125. The molecule has 12 N–H and O–H groups in total. The summed E-state index contributed by atoms with van der Waals surface area (Å²) in [5.41, 5.74) is 4.62. The van der Waals surface area contributed by atoms with E-state index in [0.29, 0.717) is 92.6 Å². The maximum absolute atomic E-state index is 14.3. The number of nitrogens with one attached hydrogen (secondary N) is 12. The number of carbonyl (C=O) groups is 4. The molecule has 0 saturated carbocycles. The lowest BCUT2D eigenvalue weighted by atomic mass is 10.2. The summed E-state index contributed by atoms with van der Waals surface area (Å²) in [5, 5.41) is 33.3. The maximum Gasteiger partial charge on any atom is 0.421 e. The fourth-order valence-electron chi connectivity index (χ4n) is 9.96. The Bertz CT molecular complexity index is 5560. The van der Waals surface area contributed by atoms with E-state index in [4.69, 9.17) is 14.2 Å². The van der Waals surface area contributed by atoms with E-state index in [2.05, 4.69) is 135 Å². The average Bonchev–Trinajstić information content (AvgIpc) is 0.810. The monoisotopic (exact) mass is 1660 g/mol. The Morgan fingerprint density at radius 3 is 1.14 bits per heavy atom. The number of ether oxygens (including phenoxy) is 3. The molecule has 0 unspecified atom stereocenters. The normalized spacial score (nSPS) is 10.6. The molecule has 0 spiro atoms. The SMILES string of the molecule is C=CC(=O)NCc1ccc(Nc2nc(Nc3cccc(OC)c3)ncc2C(F)(F)F)cc1.C=CC(=O)Nc1ccc(Nc2nc(Nc3cccc(OC)c3)ncc2C(F)(F)F)cc1.C=CC(=O)Nc1cccc(Nc2nc(Nc3cccc(OCCN(C)C)c3)ncc2F)c1.C=CC(=O)Nc1cccc(Nc2nc(Nc3cccnc3)ncc2F)c1. The zero-order valence-corrected chi connectivity index (χ0v) is 64.9. The summed E-state index contributed by atoms with van der Waals surface area (Å²) in [7, 11) is 6.97. The van der Waals surface area contributed by atoms with Crippen LogP contribution in [-0.2, 0) is 38.1 Å². The molecule has 4 amide bonds. The van der Waals surface area contributed by atoms with E-state index >= 15 is 0 Å². The zero-order chi connectivity index (χ0) is 86.9. The molecule has 5 aromatic heterocycles. The third kappa shape index (κ3) is 29.1. The molecule has 0 saturated heterocycles. The molecule has 0 bridgehead atoms. The number of nitrogens with zero attached hydrogens (tertiary/aromatic N) is 10. The minimum absolute atomic E-state index is 0.00131. The summed E-state index contributed by atoms with van der Waals surface area (Å²) >= 11 is 0. The van der Waals surface area contributed by atoms with Crippen molar-refractivity contribution in [2.75, 3.05) is 100.0 Å². The predicted octanol–water partition coefficient (Wildman–Crippen LogP) is 17.7. The van der Waals surface area contributed by atoms with Crippen molar-refractivity contribution in [3.8, 4) is 17.2 Å². The first-order chi connectivity index (χ1) is 58.1. The molecule has 0 radical (unpaired) electrons. The van der Waals surface area contributed by atoms with E-state index in [1.165, 1.54) is 50.6 Å². The second-order valence-corrected chi connectivity index (χ2v) is 25.0. The van der Waals surface area contributed by atoms with Crippen LogP contribution in [0.2, 0.25) is 0 Å². The third-order valence-corrected chi connectivity index (χ3v) is 15.8. The standard InChI is InChI=1S/C23H25FN6O2.C22H20F3N5O2.C21H18F3N5O2.C18H15FN6O/c1-4-21(31)26-16-7-5-8-17(13-16)27-22-20(24)15-25-23(29-22)28-18-9-6-10-19(14-18)32-12-11-30(2)3;1-3-19(31)26-12-14-7-9-15(10-8-14)28-20-18(22(23,24)25)13-27-21(30-20)29-16-5-4-6-17(11-16)32-2;1-3-18(30)26-13-7-9-14(10-8-13)27-19-17(21(22,23)24)12-25-20(29-19)28-15-5-4-6-16(11-15)31-2;1-2-16(26)22-12-5-3-6-13(9-12)23-17-15(19)11-21-18(25-17)24-14-7-4-8-20-10-14/h4-10,13-15H,1,11-12H2,2-3H3,(H,26,31)(H2,25,27,28,29);3-11,13H,1,12H2,2H3,(H,26,31)(H2,27,28,29,30);3-12H,1H2,2H3,(H,26,30)(H2,25,27,28,29);2-11H,1H2,(H,22,26)(H2,21,23,24,25). The highest BCUT2D eigenvalue weighted by Gasteiger charge is 2.37. The number of methoxy groups -OCH3 is 2. The Hall–Kier alpha value is -16.0. The van der Waals surface area contributed by atoms with Gasteiger partial charge >= 0.3 is 12.4 Å². The first-order valence-corrected chi connectivity index (χ1v) is 35.9. The van der Waals surface area contributed by atoms with Crippen molar-refractivity contribution in [1.29, 1.82) is 0 Å². The van der Waals surface area contributed by atoms with Crippen molar-refractivity contribution < 1.29 is 68.5 Å². The first-order valence-electron chi connectivity index (χ1n) is 35.9. The summed E-state index contributed by atoms with van der Waals surface area (Å²) in [6.45, 7) is 15.2. The molecule has 0 fully saturated rings. The van der Waals surface area contributed by atoms with Crippen LogP contribution in [0.3, 0.4) is 0 Å². The summed E-state index contributed by atoms with van der Waals surface area (Å²) in [6.07, 6.45) is 2.11. The van der Waals surface area contributed by atoms with Crippen LogP contribution in [0.25, 0.3) is 0 Å². The number of benzene rings is 7. The lowest BCUT2D eigenvalue weighted by Gasteiger charge is -2.15. The lowest BCUT2D eigenvalue weighted by Crippen LogP contribution is -2.19. The number of pyridine rings is 1. The Balaban J connectivity index is 0.000000184. The third-order valence-electron chi connectivity index (χ3n) is 15.8. The van der Waals surface area contributed by atoms with Gasteiger partial charge in [0, 0.05) is 107 Å². The van der Waals surface area contributed by atoms with Crippen molar-refractivity contribution >= 4 is 133 Å². The number of carbonyl (C=O) groups excluding carboxylic acids is 4. The molecule has 0 aliphatic heterocycles. The second kappa shape index (κ2) is 43.7. The van der Waals surface area contributed by atoms with E-state index in [1.807, 2.05) is 43.3 Å². The van der Waals surface area contributed by atoms with Gasteiger partial charge in [-0.15, -0.1) is 0 Å². The molecule has 12 aromatic rings. The summed E-state index contributed by atoms with van der Waals surface area (Å²) in [4.78, 5) is 83.3. The number of hydrogen-bond acceptors (Lipinski definition) is 25. The van der Waals surface area contributed by atoms with Crippen LogP contribution in [0.15, 0.2) is 270 Å². The lowest BCUT2D eigenvalue weighted by molar-refractivity contribution is -0.138. The van der Waals surface area contributed by atoms with E-state index in [9.17, 15) is 54.3 Å². The van der Waals surface area contributed by atoms with E-state index in [1.54, 1.807) is 146 Å². The maximum atomic E-state index is 14.3. The van der Waals surface area contributed by atoms with Gasteiger partial charge in [-0.2, -0.15) is 46.3 Å². The number of amides is 4. The molecule has 29 nitrogen and oxygen atoms in total. The number of rotatable bonds is 31. The Kier molecular flexibility index (Phi) is 32.1. The summed E-state index contributed by atoms with van der Waals surface area (Å²) in [5.74, 6) is -1.20. The van der Waals surface area contributed by atoms with Crippen molar-refractivity contribution in [3.05, 3.63) is 298 Å². The van der Waals surface area contributed by atoms with Crippen LogP contribution in [0, 0.1) is 11.6 Å². The molecule has 121 heavy (non-hydrogen) atoms. The molecule has 622 valence electrons. The van der Waals surface area contributed by atoms with Gasteiger partial charge in [0.15, 0.2) is 23.3 Å². The molecule has 0 aliphatic rings. The van der Waals surface area contributed by atoms with Gasteiger partial charge < -0.3 is 82.9 Å². The van der Waals surface area contributed by atoms with Gasteiger partial charge in [-0.05, 0) is 165 Å². The van der Waals surface area contributed by atoms with Crippen LogP contribution in [0.1, 0.15) is 16.7 Å². The number of aromatic nitrogens is 9. The first kappa shape index (κ1) is 89.0. The molecule has 12 rings (SSSR count). The Morgan fingerprint density at radius 1 is 0.388 bits per heavy atom. The van der Waals surface area contributed by atoms with Crippen LogP contribution in [0.4, 0.5) is 145 Å². The molecular weight excluding hydrogens is 1580 g/mol. The van der Waals surface area contributed by atoms with Crippen molar-refractivity contribution in [3.63, 3.8) is 0 Å². The highest BCUT2D eigenvalue weighted by atomic mass is 19.4. The van der Waals surface area contributed by atoms with Crippen LogP contribution in [0.5, 0.6) is 17.2 Å². The van der Waals surface area contributed by atoms with E-state index in [0.717, 1.165) is 42.9 Å². The van der Waals surface area contributed by atoms with Gasteiger partial charge in [0.05, 0.1) is 38.5 Å². The molecule has 37 heteroatoms. The fraction of sp³-hybridized carbons (Fsp3) is 0.107. The average molecular weight is 1660 g/mol. The number of likely N-dealkylation sites (N-methyl/N-ethyl adjacent to an activating group) is 1. The highest BCUT2D eigenvalue weighted by molar-refractivity contribution is 6.00. The molecule has 5 heterocycles. The summed E-state index contributed by atoms with van der Waals surface area (Å²) in [6, 6.07) is 50.8. The Morgan fingerprint density at radius 2 is 0.736 bits per heavy atom.